The summed E-state index contributed by atoms with van der Waals surface area (Å²) in [4.78, 5) is 8.67. The van der Waals surface area contributed by atoms with Crippen molar-refractivity contribution in [2.24, 2.45) is 5.41 Å². The maximum atomic E-state index is 12.9. The summed E-state index contributed by atoms with van der Waals surface area (Å²) in [5, 5.41) is 4.10. The Morgan fingerprint density at radius 1 is 1.07 bits per heavy atom. The predicted molar refractivity (Wildman–Crippen MR) is 102 cm³/mol. The van der Waals surface area contributed by atoms with E-state index in [4.69, 9.17) is 4.52 Å². The van der Waals surface area contributed by atoms with Crippen LogP contribution < -0.4 is 0 Å². The first-order valence-corrected chi connectivity index (χ1v) is 11.5. The summed E-state index contributed by atoms with van der Waals surface area (Å²) in [6.45, 7) is 2.48. The second-order valence-electron chi connectivity index (χ2n) is 8.18. The summed E-state index contributed by atoms with van der Waals surface area (Å²) in [6, 6.07) is 3.76. The van der Waals surface area contributed by atoms with Crippen LogP contribution in [0.5, 0.6) is 0 Å². The Morgan fingerprint density at radius 3 is 2.54 bits per heavy atom. The first kappa shape index (κ1) is 18.2. The zero-order valence-electron chi connectivity index (χ0n) is 15.8. The van der Waals surface area contributed by atoms with Gasteiger partial charge >= 0.3 is 0 Å². The highest BCUT2D eigenvalue weighted by Gasteiger charge is 2.59. The molecule has 0 bridgehead atoms. The Balaban J connectivity index is 1.24. The van der Waals surface area contributed by atoms with Gasteiger partial charge in [0.25, 0.3) is 10.2 Å². The second-order valence-corrected chi connectivity index (χ2v) is 10.1. The molecule has 1 aliphatic carbocycles. The van der Waals surface area contributed by atoms with Crippen LogP contribution in [0, 0.1) is 5.41 Å². The molecular formula is C19H25N5O3S. The highest BCUT2D eigenvalue weighted by atomic mass is 32.2. The zero-order valence-corrected chi connectivity index (χ0v) is 16.6. The summed E-state index contributed by atoms with van der Waals surface area (Å²) in [5.74, 6) is 1.48. The average molecular weight is 404 g/mol. The molecule has 1 spiro atoms. The first-order valence-electron chi connectivity index (χ1n) is 10.1. The van der Waals surface area contributed by atoms with Crippen molar-refractivity contribution in [1.82, 2.24) is 23.7 Å². The molecule has 150 valence electrons. The Hall–Kier alpha value is -1.84. The van der Waals surface area contributed by atoms with Gasteiger partial charge in [0.1, 0.15) is 0 Å². The van der Waals surface area contributed by atoms with Crippen LogP contribution in [0.15, 0.2) is 29.0 Å². The van der Waals surface area contributed by atoms with E-state index in [0.717, 1.165) is 44.1 Å². The van der Waals surface area contributed by atoms with Crippen LogP contribution in [-0.4, -0.2) is 58.3 Å². The van der Waals surface area contributed by atoms with Crippen LogP contribution in [0.4, 0.5) is 0 Å². The Bertz CT molecular complexity index is 931. The number of piperidine rings is 2. The minimum Gasteiger partial charge on any atom is -0.339 e. The minimum absolute atomic E-state index is 0.118. The standard InChI is InChI=1S/C19H25N5O3S/c25-28(26,23-9-2-1-3-10-23)24-11-6-19(7-12-24)13-16(19)18-21-17(22-27-18)15-5-4-8-20-14-15/h4-5,8,14,16H,1-3,6-7,9-13H2. The topological polar surface area (TPSA) is 92.4 Å². The number of nitrogens with zero attached hydrogens (tertiary/aromatic N) is 5. The monoisotopic (exact) mass is 403 g/mol. The molecule has 0 aromatic carbocycles. The van der Waals surface area contributed by atoms with Gasteiger partial charge in [0.05, 0.1) is 0 Å². The molecular weight excluding hydrogens is 378 g/mol. The lowest BCUT2D eigenvalue weighted by Crippen LogP contribution is -2.49. The first-order chi connectivity index (χ1) is 13.6. The van der Waals surface area contributed by atoms with Crippen LogP contribution in [0.25, 0.3) is 11.4 Å². The van der Waals surface area contributed by atoms with Crippen LogP contribution in [0.1, 0.15) is 50.3 Å². The average Bonchev–Trinajstić information content (AvgIpc) is 3.21. The third kappa shape index (κ3) is 3.15. The zero-order chi connectivity index (χ0) is 19.2. The highest BCUT2D eigenvalue weighted by molar-refractivity contribution is 7.86. The molecule has 2 aliphatic heterocycles. The van der Waals surface area contributed by atoms with Crippen LogP contribution in [-0.2, 0) is 10.2 Å². The van der Waals surface area contributed by atoms with Crippen LogP contribution in [0.3, 0.4) is 0 Å². The lowest BCUT2D eigenvalue weighted by molar-refractivity contribution is 0.223. The lowest BCUT2D eigenvalue weighted by atomic mass is 9.92. The van der Waals surface area contributed by atoms with Crippen molar-refractivity contribution in [3.63, 3.8) is 0 Å². The molecule has 2 aromatic heterocycles. The third-order valence-corrected chi connectivity index (χ3v) is 8.57. The summed E-state index contributed by atoms with van der Waals surface area (Å²) >= 11 is 0. The van der Waals surface area contributed by atoms with Gasteiger partial charge in [-0.25, -0.2) is 0 Å². The summed E-state index contributed by atoms with van der Waals surface area (Å²) in [7, 11) is -3.31. The molecule has 0 amide bonds. The van der Waals surface area contributed by atoms with Gasteiger partial charge in [0.2, 0.25) is 11.7 Å². The molecule has 28 heavy (non-hydrogen) atoms. The largest absolute Gasteiger partial charge is 0.339 e. The highest BCUT2D eigenvalue weighted by Crippen LogP contribution is 2.64. The molecule has 0 N–H and O–H groups in total. The molecule has 3 aliphatic rings. The van der Waals surface area contributed by atoms with E-state index in [2.05, 4.69) is 15.1 Å². The summed E-state index contributed by atoms with van der Waals surface area (Å²) in [6.07, 6.45) is 9.21. The number of hydrogen-bond donors (Lipinski definition) is 0. The number of aromatic nitrogens is 3. The quantitative estimate of drug-likeness (QED) is 0.778. The molecule has 2 saturated heterocycles. The van der Waals surface area contributed by atoms with Gasteiger partial charge in [-0.2, -0.15) is 22.0 Å². The Labute approximate surface area is 165 Å². The van der Waals surface area contributed by atoms with Gasteiger partial charge in [-0.05, 0) is 49.7 Å². The van der Waals surface area contributed by atoms with E-state index < -0.39 is 10.2 Å². The fourth-order valence-corrected chi connectivity index (χ4v) is 6.35. The van der Waals surface area contributed by atoms with Gasteiger partial charge < -0.3 is 4.52 Å². The SMILES string of the molecule is O=S(=O)(N1CCCCC1)N1CCC2(CC1)CC2c1nc(-c2cccnc2)no1. The van der Waals surface area contributed by atoms with E-state index >= 15 is 0 Å². The van der Waals surface area contributed by atoms with Crippen molar-refractivity contribution in [2.75, 3.05) is 26.2 Å². The van der Waals surface area contributed by atoms with Gasteiger partial charge in [-0.1, -0.05) is 11.6 Å². The molecule has 5 rings (SSSR count). The smallest absolute Gasteiger partial charge is 0.281 e. The van der Waals surface area contributed by atoms with Crippen molar-refractivity contribution in [1.29, 1.82) is 0 Å². The van der Waals surface area contributed by atoms with Crippen LogP contribution >= 0.6 is 0 Å². The molecule has 1 atom stereocenters. The van der Waals surface area contributed by atoms with Gasteiger partial charge in [0, 0.05) is 50.1 Å². The van der Waals surface area contributed by atoms with Crippen LogP contribution in [0.2, 0.25) is 0 Å². The molecule has 1 saturated carbocycles. The number of rotatable bonds is 4. The van der Waals surface area contributed by atoms with Gasteiger partial charge in [-0.15, -0.1) is 0 Å². The predicted octanol–water partition coefficient (Wildman–Crippen LogP) is 2.43. The normalized spacial score (nSPS) is 25.8. The van der Waals surface area contributed by atoms with E-state index in [9.17, 15) is 8.42 Å². The number of pyridine rings is 1. The molecule has 8 nitrogen and oxygen atoms in total. The van der Waals surface area contributed by atoms with Gasteiger partial charge in [-0.3, -0.25) is 4.98 Å². The lowest BCUT2D eigenvalue weighted by Gasteiger charge is -2.36. The second kappa shape index (κ2) is 6.89. The Kier molecular flexibility index (Phi) is 4.48. The van der Waals surface area contributed by atoms with Crippen molar-refractivity contribution < 1.29 is 12.9 Å². The number of hydrogen-bond acceptors (Lipinski definition) is 6. The maximum Gasteiger partial charge on any atom is 0.281 e. The van der Waals surface area contributed by atoms with E-state index in [-0.39, 0.29) is 11.3 Å². The molecule has 4 heterocycles. The third-order valence-electron chi connectivity index (χ3n) is 6.54. The molecule has 3 fully saturated rings. The molecule has 2 aromatic rings. The fraction of sp³-hybridized carbons (Fsp3) is 0.632. The van der Waals surface area contributed by atoms with E-state index in [1.807, 2.05) is 12.1 Å². The summed E-state index contributed by atoms with van der Waals surface area (Å²) < 4.78 is 34.6. The summed E-state index contributed by atoms with van der Waals surface area (Å²) in [5.41, 5.74) is 0.960. The molecule has 0 radical (unpaired) electrons. The molecule has 9 heteroatoms. The van der Waals surface area contributed by atoms with Gasteiger partial charge in [0.15, 0.2) is 0 Å². The van der Waals surface area contributed by atoms with E-state index in [1.54, 1.807) is 21.0 Å². The maximum absolute atomic E-state index is 12.9. The molecule has 1 unspecified atom stereocenters. The van der Waals surface area contributed by atoms with Crippen molar-refractivity contribution in [3.05, 3.63) is 30.4 Å². The van der Waals surface area contributed by atoms with Crippen molar-refractivity contribution >= 4 is 10.2 Å². The van der Waals surface area contributed by atoms with E-state index in [1.165, 1.54) is 0 Å². The van der Waals surface area contributed by atoms with E-state index in [0.29, 0.717) is 37.9 Å². The van der Waals surface area contributed by atoms with Crippen molar-refractivity contribution in [3.8, 4) is 11.4 Å². The minimum atomic E-state index is -3.31. The van der Waals surface area contributed by atoms with Crippen molar-refractivity contribution in [2.45, 2.75) is 44.4 Å². The Morgan fingerprint density at radius 2 is 1.82 bits per heavy atom. The fourth-order valence-electron chi connectivity index (χ4n) is 4.66.